The van der Waals surface area contributed by atoms with Crippen molar-refractivity contribution in [2.24, 2.45) is 0 Å². The van der Waals surface area contributed by atoms with Gasteiger partial charge in [0.15, 0.2) is 0 Å². The van der Waals surface area contributed by atoms with Crippen LogP contribution in [0.4, 0.5) is 0 Å². The van der Waals surface area contributed by atoms with Crippen LogP contribution in [-0.4, -0.2) is 8.07 Å². The molecule has 0 N–H and O–H groups in total. The maximum atomic E-state index is 3.77. The molecular formula is C12H26Si. The van der Waals surface area contributed by atoms with Crippen molar-refractivity contribution in [2.75, 3.05) is 0 Å². The van der Waals surface area contributed by atoms with Gasteiger partial charge in [-0.05, 0) is 6.42 Å². The monoisotopic (exact) mass is 198 g/mol. The van der Waals surface area contributed by atoms with Gasteiger partial charge in [-0.25, -0.2) is 0 Å². The second kappa shape index (κ2) is 7.37. The van der Waals surface area contributed by atoms with E-state index < -0.39 is 8.07 Å². The van der Waals surface area contributed by atoms with E-state index in [4.69, 9.17) is 0 Å². The molecule has 0 aliphatic carbocycles. The summed E-state index contributed by atoms with van der Waals surface area (Å²) in [6.45, 7) is 11.0. The fourth-order valence-electron chi connectivity index (χ4n) is 2.07. The molecule has 1 heteroatoms. The van der Waals surface area contributed by atoms with Crippen LogP contribution in [-0.2, 0) is 0 Å². The van der Waals surface area contributed by atoms with Crippen molar-refractivity contribution in [3.05, 3.63) is 12.7 Å². The third kappa shape index (κ3) is 4.66. The molecule has 0 radical (unpaired) electrons. The summed E-state index contributed by atoms with van der Waals surface area (Å²) in [6.07, 6.45) is 6.06. The first-order chi connectivity index (χ1) is 6.24. The van der Waals surface area contributed by atoms with Gasteiger partial charge in [0.25, 0.3) is 0 Å². The summed E-state index contributed by atoms with van der Waals surface area (Å²) in [5.41, 5.74) is 0. The number of rotatable bonds is 8. The highest BCUT2D eigenvalue weighted by Crippen LogP contribution is 2.27. The zero-order valence-electron chi connectivity index (χ0n) is 9.73. The van der Waals surface area contributed by atoms with Crippen LogP contribution in [0.3, 0.4) is 0 Å². The van der Waals surface area contributed by atoms with Crippen LogP contribution in [0.1, 0.15) is 40.0 Å². The minimum atomic E-state index is -0.802. The number of allylic oxidation sites excluding steroid dienone is 1. The molecule has 0 aromatic heterocycles. The average molecular weight is 198 g/mol. The van der Waals surface area contributed by atoms with Gasteiger partial charge in [0.05, 0.1) is 8.07 Å². The van der Waals surface area contributed by atoms with Crippen molar-refractivity contribution in [3.8, 4) is 0 Å². The zero-order chi connectivity index (χ0) is 10.2. The summed E-state index contributed by atoms with van der Waals surface area (Å²) >= 11 is 0. The second-order valence-electron chi connectivity index (χ2n) is 4.10. The molecule has 0 unspecified atom stereocenters. The van der Waals surface area contributed by atoms with E-state index in [1.165, 1.54) is 37.4 Å². The lowest BCUT2D eigenvalue weighted by Gasteiger charge is -2.27. The van der Waals surface area contributed by atoms with Crippen molar-refractivity contribution in [1.82, 2.24) is 0 Å². The summed E-state index contributed by atoms with van der Waals surface area (Å²) in [5.74, 6) is 0. The average Bonchev–Trinajstić information content (AvgIpc) is 2.20. The molecule has 0 rings (SSSR count). The van der Waals surface area contributed by atoms with Crippen LogP contribution in [0.25, 0.3) is 0 Å². The Kier molecular flexibility index (Phi) is 7.34. The predicted octanol–water partition coefficient (Wildman–Crippen LogP) is 4.85. The van der Waals surface area contributed by atoms with E-state index in [9.17, 15) is 0 Å². The first kappa shape index (κ1) is 13.0. The van der Waals surface area contributed by atoms with Gasteiger partial charge in [-0.1, -0.05) is 63.9 Å². The molecule has 0 aromatic rings. The molecule has 0 saturated heterocycles. The fraction of sp³-hybridized carbons (Fsp3) is 0.833. The molecule has 0 aromatic carbocycles. The van der Waals surface area contributed by atoms with Gasteiger partial charge in [-0.15, -0.1) is 6.58 Å². The van der Waals surface area contributed by atoms with E-state index in [-0.39, 0.29) is 0 Å². The number of unbranched alkanes of at least 4 members (excludes halogenated alkanes) is 2. The van der Waals surface area contributed by atoms with Gasteiger partial charge in [0, 0.05) is 0 Å². The summed E-state index contributed by atoms with van der Waals surface area (Å²) in [5, 5.41) is 0. The Bertz CT molecular complexity index is 117. The van der Waals surface area contributed by atoms with Crippen molar-refractivity contribution >= 4 is 8.07 Å². The topological polar surface area (TPSA) is 0 Å². The van der Waals surface area contributed by atoms with E-state index in [1.807, 2.05) is 6.08 Å². The normalized spacial score (nSPS) is 11.6. The van der Waals surface area contributed by atoms with E-state index >= 15 is 0 Å². The molecule has 13 heavy (non-hydrogen) atoms. The zero-order valence-corrected chi connectivity index (χ0v) is 10.7. The summed E-state index contributed by atoms with van der Waals surface area (Å²) < 4.78 is 0. The third-order valence-corrected chi connectivity index (χ3v) is 9.53. The first-order valence-electron chi connectivity index (χ1n) is 5.85. The Labute approximate surface area is 85.4 Å². The molecule has 0 atom stereocenters. The molecule has 0 nitrogen and oxygen atoms in total. The number of hydrogen-bond acceptors (Lipinski definition) is 0. The second-order valence-corrected chi connectivity index (χ2v) is 9.72. The quantitative estimate of drug-likeness (QED) is 0.297. The maximum Gasteiger partial charge on any atom is 0.0527 e. The van der Waals surface area contributed by atoms with E-state index in [0.29, 0.717) is 0 Å². The van der Waals surface area contributed by atoms with Crippen LogP contribution in [0.5, 0.6) is 0 Å². The Morgan fingerprint density at radius 1 is 1.00 bits per heavy atom. The molecule has 78 valence electrons. The molecule has 0 aliphatic heterocycles. The smallest absolute Gasteiger partial charge is 0.0527 e. The van der Waals surface area contributed by atoms with Crippen molar-refractivity contribution in [3.63, 3.8) is 0 Å². The Hall–Kier alpha value is -0.0431. The van der Waals surface area contributed by atoms with E-state index in [2.05, 4.69) is 27.4 Å². The molecule has 0 bridgehead atoms. The lowest BCUT2D eigenvalue weighted by Crippen LogP contribution is -2.30. The third-order valence-electron chi connectivity index (χ3n) is 3.62. The van der Waals surface area contributed by atoms with Crippen LogP contribution < -0.4 is 0 Å². The largest absolute Gasteiger partial charge is 0.103 e. The lowest BCUT2D eigenvalue weighted by molar-refractivity contribution is 0.795. The fourth-order valence-corrected chi connectivity index (χ4v) is 5.63. The molecule has 0 amide bonds. The highest BCUT2D eigenvalue weighted by Gasteiger charge is 2.25. The summed E-state index contributed by atoms with van der Waals surface area (Å²) in [4.78, 5) is 0. The highest BCUT2D eigenvalue weighted by molar-refractivity contribution is 6.79. The SMILES string of the molecule is C=CCCCC[Si](CC)(CC)CC. The lowest BCUT2D eigenvalue weighted by atomic mass is 10.2. The van der Waals surface area contributed by atoms with Gasteiger partial charge in [-0.2, -0.15) is 0 Å². The van der Waals surface area contributed by atoms with Crippen LogP contribution in [0.15, 0.2) is 12.7 Å². The van der Waals surface area contributed by atoms with Gasteiger partial charge >= 0.3 is 0 Å². The summed E-state index contributed by atoms with van der Waals surface area (Å²) in [7, 11) is -0.802. The molecular weight excluding hydrogens is 172 g/mol. The van der Waals surface area contributed by atoms with Gasteiger partial charge in [-0.3, -0.25) is 0 Å². The number of hydrogen-bond donors (Lipinski definition) is 0. The molecule has 0 saturated carbocycles. The van der Waals surface area contributed by atoms with Crippen molar-refractivity contribution < 1.29 is 0 Å². The van der Waals surface area contributed by atoms with E-state index in [0.717, 1.165) is 0 Å². The Morgan fingerprint density at radius 3 is 1.92 bits per heavy atom. The van der Waals surface area contributed by atoms with Crippen molar-refractivity contribution in [2.45, 2.75) is 64.2 Å². The molecule has 0 spiro atoms. The molecule has 0 fully saturated rings. The van der Waals surface area contributed by atoms with Crippen LogP contribution in [0, 0.1) is 0 Å². The molecule has 0 heterocycles. The Balaban J connectivity index is 3.74. The molecule has 0 aliphatic rings. The van der Waals surface area contributed by atoms with Crippen LogP contribution in [0.2, 0.25) is 24.2 Å². The van der Waals surface area contributed by atoms with Crippen molar-refractivity contribution in [1.29, 1.82) is 0 Å². The van der Waals surface area contributed by atoms with Gasteiger partial charge in [0.1, 0.15) is 0 Å². The minimum Gasteiger partial charge on any atom is -0.103 e. The highest BCUT2D eigenvalue weighted by atomic mass is 28.3. The standard InChI is InChI=1S/C12H26Si/c1-5-9-10-11-12-13(6-2,7-3)8-4/h5H,1,6-12H2,2-4H3. The Morgan fingerprint density at radius 2 is 1.54 bits per heavy atom. The van der Waals surface area contributed by atoms with Gasteiger partial charge < -0.3 is 0 Å². The summed E-state index contributed by atoms with van der Waals surface area (Å²) in [6, 6.07) is 5.99. The van der Waals surface area contributed by atoms with Crippen LogP contribution >= 0.6 is 0 Å². The maximum absolute atomic E-state index is 3.77. The first-order valence-corrected chi connectivity index (χ1v) is 8.68. The van der Waals surface area contributed by atoms with Gasteiger partial charge in [0.2, 0.25) is 0 Å². The predicted molar refractivity (Wildman–Crippen MR) is 66.1 cm³/mol. The minimum absolute atomic E-state index is 0.802. The van der Waals surface area contributed by atoms with E-state index in [1.54, 1.807) is 6.04 Å².